The van der Waals surface area contributed by atoms with E-state index in [0.29, 0.717) is 35.7 Å². The van der Waals surface area contributed by atoms with E-state index < -0.39 is 0 Å². The van der Waals surface area contributed by atoms with Gasteiger partial charge in [0.25, 0.3) is 0 Å². The van der Waals surface area contributed by atoms with Crippen molar-refractivity contribution in [3.63, 3.8) is 0 Å². The summed E-state index contributed by atoms with van der Waals surface area (Å²) in [4.78, 5) is 8.56. The van der Waals surface area contributed by atoms with Gasteiger partial charge in [0.2, 0.25) is 0 Å². The molecule has 9 fully saturated rings. The number of nitrogens with one attached hydrogen (secondary N) is 3. The fourth-order valence-corrected chi connectivity index (χ4v) is 14.7. The minimum Gasteiger partial charge on any atom is -0.393 e. The molecule has 0 amide bonds. The maximum absolute atomic E-state index is 11.8. The SMILES string of the molecule is OC1CC(N(C2CCC(C3CN4CCCCC4N3)CC2)C2CCC(C3NC4CCCCC4S3)CC2)CCC1C1CN2CCCCC2N1. The number of nitrogens with zero attached hydrogens (tertiary/aromatic N) is 3. The molecule has 4 saturated carbocycles. The standard InChI is InChI=1S/C39H68N6OS/c46-35-23-30(19-20-31(35)34-25-44-22-6-4-10-38(44)41-34)45(28-15-11-26(12-16-28)33-24-43-21-5-3-9-37(43)40-33)29-17-13-27(14-18-29)39-42-32-7-1-2-8-36(32)47-39/h26-42,46H,1-25H2. The van der Waals surface area contributed by atoms with Crippen LogP contribution in [0.3, 0.4) is 0 Å². The van der Waals surface area contributed by atoms with Gasteiger partial charge in [-0.2, -0.15) is 0 Å². The third-order valence-electron chi connectivity index (χ3n) is 15.4. The molecule has 0 bridgehead atoms. The predicted octanol–water partition coefficient (Wildman–Crippen LogP) is 5.48. The normalized spacial score (nSPS) is 49.9. The lowest BCUT2D eigenvalue weighted by atomic mass is 9.75. The van der Waals surface area contributed by atoms with Crippen molar-refractivity contribution in [3.05, 3.63) is 0 Å². The quantitative estimate of drug-likeness (QED) is 0.297. The minimum atomic E-state index is -0.148. The molecule has 7 nitrogen and oxygen atoms in total. The summed E-state index contributed by atoms with van der Waals surface area (Å²) in [5.74, 6) is 2.16. The highest BCUT2D eigenvalue weighted by Gasteiger charge is 2.47. The second-order valence-electron chi connectivity index (χ2n) is 18.0. The number of rotatable bonds is 6. The molecule has 5 saturated heterocycles. The number of aliphatic hydroxyl groups excluding tert-OH is 1. The molecule has 0 aromatic heterocycles. The Labute approximate surface area is 290 Å². The van der Waals surface area contributed by atoms with Gasteiger partial charge in [-0.25, -0.2) is 0 Å². The van der Waals surface area contributed by atoms with Gasteiger partial charge in [0.05, 0.1) is 23.8 Å². The Kier molecular flexibility index (Phi) is 10.2. The first-order valence-electron chi connectivity index (χ1n) is 21.0. The minimum absolute atomic E-state index is 0.148. The number of thioether (sulfide) groups is 1. The van der Waals surface area contributed by atoms with Crippen LogP contribution in [0.1, 0.15) is 135 Å². The topological polar surface area (TPSA) is 66.0 Å². The predicted molar refractivity (Wildman–Crippen MR) is 193 cm³/mol. The summed E-state index contributed by atoms with van der Waals surface area (Å²) < 4.78 is 0. The highest BCUT2D eigenvalue weighted by Crippen LogP contribution is 2.46. The van der Waals surface area contributed by atoms with Gasteiger partial charge in [-0.1, -0.05) is 12.8 Å². The summed E-state index contributed by atoms with van der Waals surface area (Å²) in [7, 11) is 0. The van der Waals surface area contributed by atoms with Crippen molar-refractivity contribution in [2.45, 2.75) is 200 Å². The van der Waals surface area contributed by atoms with Crippen molar-refractivity contribution in [1.82, 2.24) is 30.7 Å². The van der Waals surface area contributed by atoms with E-state index in [2.05, 4.69) is 42.4 Å². The monoisotopic (exact) mass is 669 g/mol. The molecular weight excluding hydrogens is 601 g/mol. The Morgan fingerprint density at radius 2 is 1.13 bits per heavy atom. The smallest absolute Gasteiger partial charge is 0.0600 e. The average molecular weight is 669 g/mol. The van der Waals surface area contributed by atoms with E-state index in [0.717, 1.165) is 54.2 Å². The number of hydrogen-bond acceptors (Lipinski definition) is 8. The molecule has 266 valence electrons. The van der Waals surface area contributed by atoms with Crippen LogP contribution in [0.15, 0.2) is 0 Å². The highest BCUT2D eigenvalue weighted by atomic mass is 32.2. The second-order valence-corrected chi connectivity index (χ2v) is 19.4. The molecule has 47 heavy (non-hydrogen) atoms. The molecular formula is C39H68N6OS. The fraction of sp³-hybridized carbons (Fsp3) is 1.00. The van der Waals surface area contributed by atoms with Crippen molar-refractivity contribution in [1.29, 1.82) is 0 Å². The first-order valence-corrected chi connectivity index (χ1v) is 22.0. The van der Waals surface area contributed by atoms with Crippen LogP contribution in [-0.4, -0.2) is 111 Å². The summed E-state index contributed by atoms with van der Waals surface area (Å²) in [6.07, 6.45) is 29.7. The molecule has 10 unspecified atom stereocenters. The number of aliphatic hydroxyl groups is 1. The van der Waals surface area contributed by atoms with Gasteiger partial charge in [0, 0.05) is 60.5 Å². The largest absolute Gasteiger partial charge is 0.393 e. The number of piperidine rings is 2. The summed E-state index contributed by atoms with van der Waals surface area (Å²) in [5.41, 5.74) is 0. The van der Waals surface area contributed by atoms with E-state index in [1.165, 1.54) is 148 Å². The highest BCUT2D eigenvalue weighted by molar-refractivity contribution is 8.00. The Hall–Kier alpha value is 0.0700. The lowest BCUT2D eigenvalue weighted by Crippen LogP contribution is -2.56. The van der Waals surface area contributed by atoms with Gasteiger partial charge in [0.15, 0.2) is 0 Å². The molecule has 9 aliphatic rings. The van der Waals surface area contributed by atoms with Crippen LogP contribution >= 0.6 is 11.8 Å². The zero-order valence-electron chi connectivity index (χ0n) is 29.5. The molecule has 5 aliphatic heterocycles. The molecule has 9 rings (SSSR count). The third kappa shape index (κ3) is 6.88. The van der Waals surface area contributed by atoms with Crippen molar-refractivity contribution < 1.29 is 5.11 Å². The van der Waals surface area contributed by atoms with Gasteiger partial charge in [0.1, 0.15) is 0 Å². The summed E-state index contributed by atoms with van der Waals surface area (Å²) in [5, 5.41) is 25.7. The van der Waals surface area contributed by atoms with Gasteiger partial charge < -0.3 is 10.4 Å². The van der Waals surface area contributed by atoms with Crippen molar-refractivity contribution >= 4 is 11.8 Å². The van der Waals surface area contributed by atoms with Gasteiger partial charge in [-0.3, -0.25) is 25.3 Å². The van der Waals surface area contributed by atoms with Crippen molar-refractivity contribution in [2.75, 3.05) is 26.2 Å². The number of hydrogen-bond donors (Lipinski definition) is 4. The maximum atomic E-state index is 11.8. The maximum Gasteiger partial charge on any atom is 0.0600 e. The van der Waals surface area contributed by atoms with Crippen LogP contribution in [0.2, 0.25) is 0 Å². The Morgan fingerprint density at radius 3 is 1.79 bits per heavy atom. The first-order chi connectivity index (χ1) is 23.2. The van der Waals surface area contributed by atoms with Gasteiger partial charge in [-0.15, -0.1) is 11.8 Å². The second kappa shape index (κ2) is 14.6. The van der Waals surface area contributed by atoms with Crippen molar-refractivity contribution in [3.8, 4) is 0 Å². The van der Waals surface area contributed by atoms with E-state index in [1.807, 2.05) is 0 Å². The Bertz CT molecular complexity index is 941. The molecule has 4 N–H and O–H groups in total. The third-order valence-corrected chi connectivity index (χ3v) is 17.1. The van der Waals surface area contributed by atoms with E-state index >= 15 is 0 Å². The molecule has 4 aliphatic carbocycles. The molecule has 0 spiro atoms. The van der Waals surface area contributed by atoms with E-state index in [4.69, 9.17) is 0 Å². The van der Waals surface area contributed by atoms with Gasteiger partial charge >= 0.3 is 0 Å². The lowest BCUT2D eigenvalue weighted by Gasteiger charge is -2.51. The lowest BCUT2D eigenvalue weighted by molar-refractivity contribution is -0.0407. The molecule has 0 aromatic carbocycles. The zero-order chi connectivity index (χ0) is 31.3. The van der Waals surface area contributed by atoms with E-state index in [-0.39, 0.29) is 6.10 Å². The summed E-state index contributed by atoms with van der Waals surface area (Å²) in [6.45, 7) is 5.03. The van der Waals surface area contributed by atoms with Crippen LogP contribution in [-0.2, 0) is 0 Å². The van der Waals surface area contributed by atoms with Gasteiger partial charge in [-0.05, 0) is 147 Å². The van der Waals surface area contributed by atoms with Crippen molar-refractivity contribution in [2.24, 2.45) is 17.8 Å². The fourth-order valence-electron chi connectivity index (χ4n) is 12.9. The average Bonchev–Trinajstić information content (AvgIpc) is 3.86. The van der Waals surface area contributed by atoms with Crippen LogP contribution in [0.4, 0.5) is 0 Å². The van der Waals surface area contributed by atoms with Crippen LogP contribution in [0.5, 0.6) is 0 Å². The summed E-state index contributed by atoms with van der Waals surface area (Å²) >= 11 is 2.33. The van der Waals surface area contributed by atoms with Crippen LogP contribution in [0, 0.1) is 17.8 Å². The Balaban J connectivity index is 0.850. The molecule has 5 heterocycles. The van der Waals surface area contributed by atoms with E-state index in [1.54, 1.807) is 0 Å². The zero-order valence-corrected chi connectivity index (χ0v) is 30.3. The molecule has 0 aromatic rings. The number of fused-ring (bicyclic) bond motifs is 3. The van der Waals surface area contributed by atoms with E-state index in [9.17, 15) is 5.11 Å². The first kappa shape index (κ1) is 32.9. The van der Waals surface area contributed by atoms with Crippen LogP contribution < -0.4 is 16.0 Å². The van der Waals surface area contributed by atoms with Crippen LogP contribution in [0.25, 0.3) is 0 Å². The summed E-state index contributed by atoms with van der Waals surface area (Å²) in [6, 6.07) is 4.04. The molecule has 0 radical (unpaired) electrons. The molecule has 10 atom stereocenters. The molecule has 8 heteroatoms. The Morgan fingerprint density at radius 1 is 0.532 bits per heavy atom.